The summed E-state index contributed by atoms with van der Waals surface area (Å²) in [5.74, 6) is 1.04. The Morgan fingerprint density at radius 2 is 1.89 bits per heavy atom. The molecule has 3 nitrogen and oxygen atoms in total. The molecule has 2 aliphatic rings. The highest BCUT2D eigenvalue weighted by Crippen LogP contribution is 2.29. The lowest BCUT2D eigenvalue weighted by Crippen LogP contribution is -2.57. The summed E-state index contributed by atoms with van der Waals surface area (Å²) in [6, 6.07) is 0. The smallest absolute Gasteiger partial charge is 0.0281 e. The lowest BCUT2D eigenvalue weighted by atomic mass is 9.83. The summed E-state index contributed by atoms with van der Waals surface area (Å²) in [4.78, 5) is 5.18. The van der Waals surface area contributed by atoms with E-state index in [0.717, 1.165) is 19.0 Å². The van der Waals surface area contributed by atoms with Crippen molar-refractivity contribution in [2.45, 2.75) is 45.1 Å². The number of piperazine rings is 1. The van der Waals surface area contributed by atoms with Crippen LogP contribution in [0.3, 0.4) is 0 Å². The van der Waals surface area contributed by atoms with E-state index in [2.05, 4.69) is 36.0 Å². The zero-order valence-corrected chi connectivity index (χ0v) is 12.5. The second-order valence-electron chi connectivity index (χ2n) is 6.87. The van der Waals surface area contributed by atoms with Gasteiger partial charge in [-0.15, -0.1) is 0 Å². The zero-order chi connectivity index (χ0) is 13.0. The Hall–Kier alpha value is -0.120. The van der Waals surface area contributed by atoms with Crippen molar-refractivity contribution in [1.82, 2.24) is 15.1 Å². The third-order valence-corrected chi connectivity index (χ3v) is 4.77. The van der Waals surface area contributed by atoms with Gasteiger partial charge in [0.15, 0.2) is 0 Å². The highest BCUT2D eigenvalue weighted by atomic mass is 15.3. The van der Waals surface area contributed by atoms with Crippen LogP contribution >= 0.6 is 0 Å². The van der Waals surface area contributed by atoms with E-state index in [-0.39, 0.29) is 0 Å². The van der Waals surface area contributed by atoms with Gasteiger partial charge in [0.25, 0.3) is 0 Å². The molecule has 0 amide bonds. The minimum Gasteiger partial charge on any atom is -0.314 e. The molecule has 3 heteroatoms. The molecule has 1 saturated heterocycles. The average Bonchev–Trinajstić information content (AvgIpc) is 2.27. The van der Waals surface area contributed by atoms with Gasteiger partial charge in [-0.05, 0) is 39.8 Å². The fourth-order valence-electron chi connectivity index (χ4n) is 3.29. The second kappa shape index (κ2) is 6.36. The Kier molecular flexibility index (Phi) is 5.05. The molecule has 2 rings (SSSR count). The van der Waals surface area contributed by atoms with Gasteiger partial charge in [-0.25, -0.2) is 0 Å². The van der Waals surface area contributed by atoms with E-state index in [1.165, 1.54) is 51.9 Å². The SMILES string of the molecule is CN(CCC1CCC1)CC(C)(C)N1CCNCC1. The summed E-state index contributed by atoms with van der Waals surface area (Å²) >= 11 is 0. The predicted octanol–water partition coefficient (Wildman–Crippen LogP) is 1.79. The van der Waals surface area contributed by atoms with Crippen LogP contribution in [0.25, 0.3) is 0 Å². The summed E-state index contributed by atoms with van der Waals surface area (Å²) in [5, 5.41) is 3.44. The second-order valence-corrected chi connectivity index (χ2v) is 6.87. The van der Waals surface area contributed by atoms with Gasteiger partial charge in [0, 0.05) is 38.3 Å². The van der Waals surface area contributed by atoms with Gasteiger partial charge in [0.05, 0.1) is 0 Å². The quantitative estimate of drug-likeness (QED) is 0.778. The van der Waals surface area contributed by atoms with Crippen LogP contribution in [-0.4, -0.2) is 61.7 Å². The van der Waals surface area contributed by atoms with Gasteiger partial charge in [0.1, 0.15) is 0 Å². The maximum absolute atomic E-state index is 3.44. The predicted molar refractivity (Wildman–Crippen MR) is 78.0 cm³/mol. The molecular formula is C15H31N3. The molecule has 0 radical (unpaired) electrons. The van der Waals surface area contributed by atoms with E-state index in [1.54, 1.807) is 0 Å². The van der Waals surface area contributed by atoms with Crippen molar-refractivity contribution in [1.29, 1.82) is 0 Å². The van der Waals surface area contributed by atoms with Crippen molar-refractivity contribution in [3.8, 4) is 0 Å². The first-order valence-electron chi connectivity index (χ1n) is 7.72. The standard InChI is InChI=1S/C15H31N3/c1-15(2,18-11-8-16-9-12-18)13-17(3)10-7-14-5-4-6-14/h14,16H,4-13H2,1-3H3. The molecule has 0 unspecified atom stereocenters. The summed E-state index contributed by atoms with van der Waals surface area (Å²) in [6.45, 7) is 12.0. The van der Waals surface area contributed by atoms with Crippen molar-refractivity contribution >= 4 is 0 Å². The van der Waals surface area contributed by atoms with Crippen molar-refractivity contribution in [3.63, 3.8) is 0 Å². The normalized spacial score (nSPS) is 23.3. The van der Waals surface area contributed by atoms with Gasteiger partial charge in [0.2, 0.25) is 0 Å². The molecule has 106 valence electrons. The molecule has 0 spiro atoms. The molecule has 0 bridgehead atoms. The Morgan fingerprint density at radius 3 is 2.44 bits per heavy atom. The molecule has 1 aliphatic heterocycles. The number of rotatable bonds is 6. The molecule has 0 aromatic heterocycles. The van der Waals surface area contributed by atoms with Gasteiger partial charge >= 0.3 is 0 Å². The Labute approximate surface area is 113 Å². The molecule has 2 fully saturated rings. The number of hydrogen-bond donors (Lipinski definition) is 1. The number of nitrogens with zero attached hydrogens (tertiary/aromatic N) is 2. The van der Waals surface area contributed by atoms with Crippen LogP contribution in [0.1, 0.15) is 39.5 Å². The summed E-state index contributed by atoms with van der Waals surface area (Å²) in [5.41, 5.74) is 0.316. The molecular weight excluding hydrogens is 222 g/mol. The van der Waals surface area contributed by atoms with Gasteiger partial charge in [-0.3, -0.25) is 4.90 Å². The van der Waals surface area contributed by atoms with Crippen LogP contribution in [0.15, 0.2) is 0 Å². The van der Waals surface area contributed by atoms with Crippen LogP contribution in [0.2, 0.25) is 0 Å². The van der Waals surface area contributed by atoms with E-state index >= 15 is 0 Å². The van der Waals surface area contributed by atoms with Gasteiger partial charge in [-0.2, -0.15) is 0 Å². The lowest BCUT2D eigenvalue weighted by Gasteiger charge is -2.43. The average molecular weight is 253 g/mol. The molecule has 1 saturated carbocycles. The van der Waals surface area contributed by atoms with E-state index in [4.69, 9.17) is 0 Å². The maximum atomic E-state index is 3.44. The van der Waals surface area contributed by atoms with Crippen molar-refractivity contribution in [2.24, 2.45) is 5.92 Å². The van der Waals surface area contributed by atoms with Crippen molar-refractivity contribution < 1.29 is 0 Å². The van der Waals surface area contributed by atoms with E-state index in [0.29, 0.717) is 5.54 Å². The van der Waals surface area contributed by atoms with Crippen LogP contribution in [0.5, 0.6) is 0 Å². The fourth-order valence-corrected chi connectivity index (χ4v) is 3.29. The molecule has 18 heavy (non-hydrogen) atoms. The summed E-state index contributed by atoms with van der Waals surface area (Å²) < 4.78 is 0. The highest BCUT2D eigenvalue weighted by molar-refractivity contribution is 4.87. The third kappa shape index (κ3) is 3.94. The van der Waals surface area contributed by atoms with Crippen LogP contribution in [0, 0.1) is 5.92 Å². The topological polar surface area (TPSA) is 18.5 Å². The first-order valence-corrected chi connectivity index (χ1v) is 7.72. The van der Waals surface area contributed by atoms with Crippen molar-refractivity contribution in [2.75, 3.05) is 46.3 Å². The van der Waals surface area contributed by atoms with Crippen LogP contribution in [0.4, 0.5) is 0 Å². The van der Waals surface area contributed by atoms with E-state index in [1.807, 2.05) is 0 Å². The lowest BCUT2D eigenvalue weighted by molar-refractivity contribution is 0.0682. The molecule has 0 aromatic carbocycles. The minimum atomic E-state index is 0.316. The molecule has 0 atom stereocenters. The monoisotopic (exact) mass is 253 g/mol. The largest absolute Gasteiger partial charge is 0.314 e. The number of hydrogen-bond acceptors (Lipinski definition) is 3. The Bertz CT molecular complexity index is 242. The van der Waals surface area contributed by atoms with Crippen LogP contribution < -0.4 is 5.32 Å². The van der Waals surface area contributed by atoms with E-state index < -0.39 is 0 Å². The van der Waals surface area contributed by atoms with Gasteiger partial charge < -0.3 is 10.2 Å². The minimum absolute atomic E-state index is 0.316. The maximum Gasteiger partial charge on any atom is 0.0281 e. The fraction of sp³-hybridized carbons (Fsp3) is 1.00. The van der Waals surface area contributed by atoms with Crippen LogP contribution in [-0.2, 0) is 0 Å². The van der Waals surface area contributed by atoms with E-state index in [9.17, 15) is 0 Å². The first kappa shape index (κ1) is 14.3. The molecule has 1 N–H and O–H groups in total. The number of nitrogens with one attached hydrogen (secondary N) is 1. The first-order chi connectivity index (χ1) is 8.58. The number of likely N-dealkylation sites (N-methyl/N-ethyl adjacent to an activating group) is 1. The Morgan fingerprint density at radius 1 is 1.22 bits per heavy atom. The van der Waals surface area contributed by atoms with Gasteiger partial charge in [-0.1, -0.05) is 19.3 Å². The molecule has 0 aromatic rings. The molecule has 1 aliphatic carbocycles. The summed E-state index contributed by atoms with van der Waals surface area (Å²) in [6.07, 6.45) is 5.85. The summed E-state index contributed by atoms with van der Waals surface area (Å²) in [7, 11) is 2.29. The van der Waals surface area contributed by atoms with Crippen molar-refractivity contribution in [3.05, 3.63) is 0 Å². The highest BCUT2D eigenvalue weighted by Gasteiger charge is 2.29. The zero-order valence-electron chi connectivity index (χ0n) is 12.5. The third-order valence-electron chi connectivity index (χ3n) is 4.77. The molecule has 1 heterocycles. The Balaban J connectivity index is 1.71.